The lowest BCUT2D eigenvalue weighted by atomic mass is 10.1. The number of benzene rings is 1. The molecule has 0 aliphatic rings. The first kappa shape index (κ1) is 18.2. The molecule has 0 unspecified atom stereocenters. The first-order chi connectivity index (χ1) is 12.7. The summed E-state index contributed by atoms with van der Waals surface area (Å²) in [5.41, 5.74) is 0.980. The van der Waals surface area contributed by atoms with Crippen molar-refractivity contribution in [3.63, 3.8) is 0 Å². The molecule has 3 aromatic rings. The van der Waals surface area contributed by atoms with Crippen molar-refractivity contribution in [2.45, 2.75) is 25.0 Å². The van der Waals surface area contributed by atoms with E-state index in [9.17, 15) is 9.18 Å². The highest BCUT2D eigenvalue weighted by Gasteiger charge is 2.16. The van der Waals surface area contributed by atoms with Crippen LogP contribution in [0.3, 0.4) is 0 Å². The Morgan fingerprint density at radius 3 is 2.77 bits per heavy atom. The summed E-state index contributed by atoms with van der Waals surface area (Å²) in [5, 5.41) is 11.8. The zero-order valence-corrected chi connectivity index (χ0v) is 15.1. The minimum absolute atomic E-state index is 0.0812. The molecule has 26 heavy (non-hydrogen) atoms. The van der Waals surface area contributed by atoms with Crippen molar-refractivity contribution in [1.29, 1.82) is 0 Å². The summed E-state index contributed by atoms with van der Waals surface area (Å²) >= 11 is 1.33. The molecular weight excluding hydrogens is 355 g/mol. The fraction of sp³-hybridized carbons (Fsp3) is 0.278. The number of hydrogen-bond acceptors (Lipinski definition) is 5. The summed E-state index contributed by atoms with van der Waals surface area (Å²) < 4.78 is 20.1. The third kappa shape index (κ3) is 4.51. The molecule has 0 spiro atoms. The van der Waals surface area contributed by atoms with Crippen LogP contribution >= 0.6 is 11.8 Å². The van der Waals surface area contributed by atoms with Gasteiger partial charge in [-0.15, -0.1) is 10.2 Å². The highest BCUT2D eigenvalue weighted by Crippen LogP contribution is 2.24. The third-order valence-corrected chi connectivity index (χ3v) is 4.72. The van der Waals surface area contributed by atoms with Gasteiger partial charge in [0.05, 0.1) is 12.0 Å². The maximum atomic E-state index is 12.9. The molecule has 3 rings (SSSR count). The summed E-state index contributed by atoms with van der Waals surface area (Å²) in [5.74, 6) is 1.21. The molecule has 0 aliphatic carbocycles. The molecule has 0 fully saturated rings. The zero-order chi connectivity index (χ0) is 18.4. The van der Waals surface area contributed by atoms with E-state index in [2.05, 4.69) is 15.5 Å². The maximum Gasteiger partial charge on any atom is 0.230 e. The first-order valence-corrected chi connectivity index (χ1v) is 9.27. The Labute approximate surface area is 154 Å². The van der Waals surface area contributed by atoms with Crippen molar-refractivity contribution in [3.8, 4) is 11.6 Å². The summed E-state index contributed by atoms with van der Waals surface area (Å²) in [7, 11) is 0. The lowest BCUT2D eigenvalue weighted by Crippen LogP contribution is -2.27. The van der Waals surface area contributed by atoms with Gasteiger partial charge >= 0.3 is 0 Å². The smallest absolute Gasteiger partial charge is 0.230 e. The second-order valence-corrected chi connectivity index (χ2v) is 6.49. The van der Waals surface area contributed by atoms with Crippen LogP contribution in [0.25, 0.3) is 11.6 Å². The largest absolute Gasteiger partial charge is 0.461 e. The molecule has 136 valence electrons. The van der Waals surface area contributed by atoms with Crippen molar-refractivity contribution in [2.75, 3.05) is 12.3 Å². The monoisotopic (exact) mass is 374 g/mol. The molecule has 0 bridgehead atoms. The van der Waals surface area contributed by atoms with Crippen LogP contribution in [0.5, 0.6) is 0 Å². The Balaban J connectivity index is 1.49. The Kier molecular flexibility index (Phi) is 6.06. The highest BCUT2D eigenvalue weighted by molar-refractivity contribution is 7.99. The van der Waals surface area contributed by atoms with E-state index in [1.807, 2.05) is 17.6 Å². The standard InChI is InChI=1S/C18H19FN4O2S/c1-2-23-17(15-4-3-11-25-15)21-22-18(23)26-12-16(24)20-10-9-13-5-7-14(19)8-6-13/h3-8,11H,2,9-10,12H2,1H3,(H,20,24). The van der Waals surface area contributed by atoms with Crippen molar-refractivity contribution >= 4 is 17.7 Å². The van der Waals surface area contributed by atoms with E-state index in [-0.39, 0.29) is 17.5 Å². The number of carbonyl (C=O) groups excluding carboxylic acids is 1. The number of hydrogen-bond donors (Lipinski definition) is 1. The Bertz CT molecular complexity index is 847. The number of rotatable bonds is 8. The van der Waals surface area contributed by atoms with Gasteiger partial charge in [0, 0.05) is 13.1 Å². The molecule has 0 radical (unpaired) electrons. The summed E-state index contributed by atoms with van der Waals surface area (Å²) in [4.78, 5) is 12.0. The fourth-order valence-electron chi connectivity index (χ4n) is 2.45. The second-order valence-electron chi connectivity index (χ2n) is 5.54. The first-order valence-electron chi connectivity index (χ1n) is 8.28. The van der Waals surface area contributed by atoms with Crippen molar-refractivity contribution in [1.82, 2.24) is 20.1 Å². The lowest BCUT2D eigenvalue weighted by Gasteiger charge is -2.07. The van der Waals surface area contributed by atoms with Crippen molar-refractivity contribution in [2.24, 2.45) is 0 Å². The number of nitrogens with one attached hydrogen (secondary N) is 1. The summed E-state index contributed by atoms with van der Waals surface area (Å²) in [6.07, 6.45) is 2.25. The van der Waals surface area contributed by atoms with E-state index in [0.717, 1.165) is 5.56 Å². The number of halogens is 1. The van der Waals surface area contributed by atoms with Crippen LogP contribution in [-0.2, 0) is 17.8 Å². The van der Waals surface area contributed by atoms with Gasteiger partial charge in [0.2, 0.25) is 5.91 Å². The van der Waals surface area contributed by atoms with Gasteiger partial charge in [-0.05, 0) is 43.2 Å². The van der Waals surface area contributed by atoms with Crippen LogP contribution in [0.15, 0.2) is 52.2 Å². The number of thioether (sulfide) groups is 1. The fourth-order valence-corrected chi connectivity index (χ4v) is 3.28. The third-order valence-electron chi connectivity index (χ3n) is 3.76. The normalized spacial score (nSPS) is 10.8. The molecule has 0 atom stereocenters. The molecule has 1 N–H and O–H groups in total. The Hall–Kier alpha value is -2.61. The van der Waals surface area contributed by atoms with E-state index in [1.165, 1.54) is 23.9 Å². The molecule has 0 aliphatic heterocycles. The molecule has 1 aromatic carbocycles. The van der Waals surface area contributed by atoms with Gasteiger partial charge in [0.25, 0.3) is 0 Å². The van der Waals surface area contributed by atoms with Crippen molar-refractivity contribution < 1.29 is 13.6 Å². The van der Waals surface area contributed by atoms with E-state index in [4.69, 9.17) is 4.42 Å². The number of furan rings is 1. The molecule has 8 heteroatoms. The predicted octanol–water partition coefficient (Wildman–Crippen LogP) is 3.15. The minimum Gasteiger partial charge on any atom is -0.461 e. The second kappa shape index (κ2) is 8.66. The minimum atomic E-state index is -0.261. The quantitative estimate of drug-likeness (QED) is 0.613. The summed E-state index contributed by atoms with van der Waals surface area (Å²) in [6.45, 7) is 3.17. The molecular formula is C18H19FN4O2S. The van der Waals surface area contributed by atoms with Gasteiger partial charge in [0.1, 0.15) is 5.82 Å². The number of nitrogens with zero attached hydrogens (tertiary/aromatic N) is 3. The zero-order valence-electron chi connectivity index (χ0n) is 14.3. The van der Waals surface area contributed by atoms with E-state index >= 15 is 0 Å². The molecule has 2 aromatic heterocycles. The van der Waals surface area contributed by atoms with Gasteiger partial charge in [-0.1, -0.05) is 23.9 Å². The topological polar surface area (TPSA) is 73.0 Å². The maximum absolute atomic E-state index is 12.9. The number of aromatic nitrogens is 3. The van der Waals surface area contributed by atoms with Gasteiger partial charge in [-0.3, -0.25) is 9.36 Å². The van der Waals surface area contributed by atoms with Crippen LogP contribution < -0.4 is 5.32 Å². The van der Waals surface area contributed by atoms with E-state index in [0.29, 0.717) is 36.3 Å². The van der Waals surface area contributed by atoms with Crippen LogP contribution in [0.2, 0.25) is 0 Å². The van der Waals surface area contributed by atoms with Crippen LogP contribution in [0.1, 0.15) is 12.5 Å². The Morgan fingerprint density at radius 1 is 1.27 bits per heavy atom. The van der Waals surface area contributed by atoms with Gasteiger partial charge in [-0.2, -0.15) is 0 Å². The average Bonchev–Trinajstić information content (AvgIpc) is 3.30. The van der Waals surface area contributed by atoms with Gasteiger partial charge in [-0.25, -0.2) is 4.39 Å². The molecule has 0 saturated heterocycles. The van der Waals surface area contributed by atoms with Crippen LogP contribution in [0, 0.1) is 5.82 Å². The average molecular weight is 374 g/mol. The highest BCUT2D eigenvalue weighted by atomic mass is 32.2. The number of amides is 1. The number of carbonyl (C=O) groups is 1. The van der Waals surface area contributed by atoms with Crippen LogP contribution in [-0.4, -0.2) is 33.0 Å². The molecule has 2 heterocycles. The van der Waals surface area contributed by atoms with Gasteiger partial charge in [0.15, 0.2) is 16.7 Å². The van der Waals surface area contributed by atoms with E-state index < -0.39 is 0 Å². The van der Waals surface area contributed by atoms with Crippen LogP contribution in [0.4, 0.5) is 4.39 Å². The molecule has 0 saturated carbocycles. The summed E-state index contributed by atoms with van der Waals surface area (Å²) in [6, 6.07) is 9.90. The molecule has 6 nitrogen and oxygen atoms in total. The van der Waals surface area contributed by atoms with Crippen molar-refractivity contribution in [3.05, 3.63) is 54.0 Å². The molecule has 1 amide bonds. The predicted molar refractivity (Wildman–Crippen MR) is 97.2 cm³/mol. The SMILES string of the molecule is CCn1c(SCC(=O)NCCc2ccc(F)cc2)nnc1-c1ccco1. The Morgan fingerprint density at radius 2 is 2.08 bits per heavy atom. The van der Waals surface area contributed by atoms with Gasteiger partial charge < -0.3 is 9.73 Å². The lowest BCUT2D eigenvalue weighted by molar-refractivity contribution is -0.118. The van der Waals surface area contributed by atoms with E-state index in [1.54, 1.807) is 24.5 Å².